The zero-order valence-corrected chi connectivity index (χ0v) is 11.2. The fourth-order valence-electron chi connectivity index (χ4n) is 4.02. The van der Waals surface area contributed by atoms with E-state index in [1.807, 2.05) is 0 Å². The summed E-state index contributed by atoms with van der Waals surface area (Å²) < 4.78 is 11.5. The van der Waals surface area contributed by atoms with Gasteiger partial charge in [-0.15, -0.1) is 0 Å². The molecular weight excluding hydrogens is 228 g/mol. The first-order valence-corrected chi connectivity index (χ1v) is 7.51. The van der Waals surface area contributed by atoms with Crippen molar-refractivity contribution in [2.24, 2.45) is 17.7 Å². The molecule has 0 radical (unpaired) electrons. The summed E-state index contributed by atoms with van der Waals surface area (Å²) in [6.07, 6.45) is 8.53. The van der Waals surface area contributed by atoms with Gasteiger partial charge in [-0.25, -0.2) is 0 Å². The molecular formula is C14H26N2O2. The third-order valence-corrected chi connectivity index (χ3v) is 5.27. The molecule has 3 rings (SSSR count). The Morgan fingerprint density at radius 3 is 2.39 bits per heavy atom. The Kier molecular flexibility index (Phi) is 3.89. The van der Waals surface area contributed by atoms with Crippen LogP contribution in [0.5, 0.6) is 0 Å². The standard InChI is InChI=1S/C14H26N2O2/c15-16-13(11-2-7-17-8-3-11)12-4-9-18-14(10-12)5-1-6-14/h11-13,16H,1-10,15H2. The van der Waals surface area contributed by atoms with Gasteiger partial charge in [0, 0.05) is 25.9 Å². The van der Waals surface area contributed by atoms with Crippen molar-refractivity contribution in [3.8, 4) is 0 Å². The van der Waals surface area contributed by atoms with Gasteiger partial charge < -0.3 is 9.47 Å². The Balaban J connectivity index is 1.63. The lowest BCUT2D eigenvalue weighted by Gasteiger charge is -2.49. The third kappa shape index (κ3) is 2.44. The minimum atomic E-state index is 0.225. The van der Waals surface area contributed by atoms with Crippen LogP contribution in [0.25, 0.3) is 0 Å². The molecule has 3 aliphatic rings. The molecule has 2 heterocycles. The molecule has 1 saturated carbocycles. The number of hydrazine groups is 1. The lowest BCUT2D eigenvalue weighted by Crippen LogP contribution is -2.54. The Hall–Kier alpha value is -0.160. The quantitative estimate of drug-likeness (QED) is 0.593. The molecule has 2 saturated heterocycles. The monoisotopic (exact) mass is 254 g/mol. The molecule has 3 N–H and O–H groups in total. The van der Waals surface area contributed by atoms with Crippen molar-refractivity contribution >= 4 is 0 Å². The summed E-state index contributed by atoms with van der Waals surface area (Å²) >= 11 is 0. The number of hydrogen-bond acceptors (Lipinski definition) is 4. The molecule has 2 atom stereocenters. The minimum absolute atomic E-state index is 0.225. The van der Waals surface area contributed by atoms with Gasteiger partial charge in [0.2, 0.25) is 0 Å². The Labute approximate surface area is 110 Å². The maximum absolute atomic E-state index is 6.02. The molecule has 4 heteroatoms. The highest BCUT2D eigenvalue weighted by molar-refractivity contribution is 4.97. The summed E-state index contributed by atoms with van der Waals surface area (Å²) in [6, 6.07) is 0.454. The van der Waals surface area contributed by atoms with Crippen molar-refractivity contribution in [1.82, 2.24) is 5.43 Å². The summed E-state index contributed by atoms with van der Waals surface area (Å²) in [6.45, 7) is 2.72. The number of ether oxygens (including phenoxy) is 2. The van der Waals surface area contributed by atoms with E-state index in [0.717, 1.165) is 39.1 Å². The molecule has 1 aliphatic carbocycles. The molecule has 0 aromatic rings. The third-order valence-electron chi connectivity index (χ3n) is 5.27. The van der Waals surface area contributed by atoms with Crippen molar-refractivity contribution < 1.29 is 9.47 Å². The van der Waals surface area contributed by atoms with E-state index in [9.17, 15) is 0 Å². The Morgan fingerprint density at radius 2 is 1.78 bits per heavy atom. The number of rotatable bonds is 3. The predicted octanol–water partition coefficient (Wildman–Crippen LogP) is 1.59. The Bertz CT molecular complexity index is 275. The molecule has 0 bridgehead atoms. The lowest BCUT2D eigenvalue weighted by atomic mass is 9.68. The molecule has 0 aromatic heterocycles. The van der Waals surface area contributed by atoms with Crippen LogP contribution >= 0.6 is 0 Å². The molecule has 104 valence electrons. The van der Waals surface area contributed by atoms with Gasteiger partial charge in [0.05, 0.1) is 5.60 Å². The minimum Gasteiger partial charge on any atom is -0.381 e. The van der Waals surface area contributed by atoms with Crippen molar-refractivity contribution in [2.75, 3.05) is 19.8 Å². The maximum atomic E-state index is 6.02. The fourth-order valence-corrected chi connectivity index (χ4v) is 4.02. The van der Waals surface area contributed by atoms with E-state index in [-0.39, 0.29) is 5.60 Å². The van der Waals surface area contributed by atoms with Gasteiger partial charge in [0.1, 0.15) is 0 Å². The first-order valence-electron chi connectivity index (χ1n) is 7.51. The molecule has 0 amide bonds. The summed E-state index contributed by atoms with van der Waals surface area (Å²) in [4.78, 5) is 0. The van der Waals surface area contributed by atoms with Gasteiger partial charge in [-0.2, -0.15) is 0 Å². The van der Waals surface area contributed by atoms with Gasteiger partial charge in [0.25, 0.3) is 0 Å². The van der Waals surface area contributed by atoms with Gasteiger partial charge in [-0.1, -0.05) is 0 Å². The highest BCUT2D eigenvalue weighted by Gasteiger charge is 2.45. The SMILES string of the molecule is NNC(C1CCOCC1)C1CCOC2(CCC2)C1. The van der Waals surface area contributed by atoms with Crippen molar-refractivity contribution in [2.45, 2.75) is 56.6 Å². The largest absolute Gasteiger partial charge is 0.381 e. The molecule has 4 nitrogen and oxygen atoms in total. The van der Waals surface area contributed by atoms with E-state index in [1.54, 1.807) is 0 Å². The van der Waals surface area contributed by atoms with Crippen LogP contribution < -0.4 is 11.3 Å². The van der Waals surface area contributed by atoms with Gasteiger partial charge in [-0.05, 0) is 56.8 Å². The van der Waals surface area contributed by atoms with Crippen LogP contribution in [0, 0.1) is 11.8 Å². The van der Waals surface area contributed by atoms with E-state index < -0.39 is 0 Å². The lowest BCUT2D eigenvalue weighted by molar-refractivity contribution is -0.150. The number of hydrogen-bond donors (Lipinski definition) is 2. The summed E-state index contributed by atoms with van der Waals surface area (Å²) in [7, 11) is 0. The van der Waals surface area contributed by atoms with E-state index in [4.69, 9.17) is 15.3 Å². The molecule has 2 unspecified atom stereocenters. The summed E-state index contributed by atoms with van der Waals surface area (Å²) in [5.41, 5.74) is 3.34. The Morgan fingerprint density at radius 1 is 1.06 bits per heavy atom. The zero-order chi connectivity index (χ0) is 12.4. The van der Waals surface area contributed by atoms with E-state index in [0.29, 0.717) is 17.9 Å². The van der Waals surface area contributed by atoms with Crippen LogP contribution in [-0.2, 0) is 9.47 Å². The maximum Gasteiger partial charge on any atom is 0.0685 e. The van der Waals surface area contributed by atoms with E-state index in [1.165, 1.54) is 25.7 Å². The molecule has 18 heavy (non-hydrogen) atoms. The second-order valence-electron chi connectivity index (χ2n) is 6.28. The topological polar surface area (TPSA) is 56.5 Å². The predicted molar refractivity (Wildman–Crippen MR) is 69.9 cm³/mol. The smallest absolute Gasteiger partial charge is 0.0685 e. The second-order valence-corrected chi connectivity index (χ2v) is 6.28. The van der Waals surface area contributed by atoms with Crippen LogP contribution in [0.3, 0.4) is 0 Å². The van der Waals surface area contributed by atoms with Crippen LogP contribution in [-0.4, -0.2) is 31.5 Å². The first kappa shape index (κ1) is 12.9. The van der Waals surface area contributed by atoms with Crippen LogP contribution in [0.1, 0.15) is 44.9 Å². The zero-order valence-electron chi connectivity index (χ0n) is 11.2. The summed E-state index contributed by atoms with van der Waals surface area (Å²) in [5, 5.41) is 0. The molecule has 0 aromatic carbocycles. The molecule has 3 fully saturated rings. The normalized spacial score (nSPS) is 34.2. The first-order chi connectivity index (χ1) is 8.83. The van der Waals surface area contributed by atoms with Crippen molar-refractivity contribution in [3.05, 3.63) is 0 Å². The van der Waals surface area contributed by atoms with E-state index in [2.05, 4.69) is 5.43 Å². The molecule has 1 spiro atoms. The highest BCUT2D eigenvalue weighted by Crippen LogP contribution is 2.46. The molecule has 2 aliphatic heterocycles. The number of nitrogens with two attached hydrogens (primary N) is 1. The van der Waals surface area contributed by atoms with Gasteiger partial charge in [-0.3, -0.25) is 11.3 Å². The average molecular weight is 254 g/mol. The fraction of sp³-hybridized carbons (Fsp3) is 1.00. The average Bonchev–Trinajstić information content (AvgIpc) is 2.39. The van der Waals surface area contributed by atoms with Crippen LogP contribution in [0.15, 0.2) is 0 Å². The van der Waals surface area contributed by atoms with Gasteiger partial charge in [0.15, 0.2) is 0 Å². The van der Waals surface area contributed by atoms with Crippen molar-refractivity contribution in [3.63, 3.8) is 0 Å². The number of nitrogens with one attached hydrogen (secondary N) is 1. The second kappa shape index (κ2) is 5.45. The van der Waals surface area contributed by atoms with E-state index >= 15 is 0 Å². The van der Waals surface area contributed by atoms with Gasteiger partial charge >= 0.3 is 0 Å². The van der Waals surface area contributed by atoms with Crippen LogP contribution in [0.4, 0.5) is 0 Å². The van der Waals surface area contributed by atoms with Crippen LogP contribution in [0.2, 0.25) is 0 Å². The highest BCUT2D eigenvalue weighted by atomic mass is 16.5. The summed E-state index contributed by atoms with van der Waals surface area (Å²) in [5.74, 6) is 7.22. The van der Waals surface area contributed by atoms with Crippen molar-refractivity contribution in [1.29, 1.82) is 0 Å².